The van der Waals surface area contributed by atoms with Crippen LogP contribution in [0.4, 0.5) is 13.2 Å². The van der Waals surface area contributed by atoms with Gasteiger partial charge in [-0.1, -0.05) is 6.07 Å². The van der Waals surface area contributed by atoms with Crippen molar-refractivity contribution in [3.63, 3.8) is 0 Å². The monoisotopic (exact) mass is 295 g/mol. The Bertz CT molecular complexity index is 638. The Hall–Kier alpha value is -1.95. The average Bonchev–Trinajstić information content (AvgIpc) is 2.41. The summed E-state index contributed by atoms with van der Waals surface area (Å²) in [5, 5.41) is 2.90. The summed E-state index contributed by atoms with van der Waals surface area (Å²) < 4.78 is 39.4. The molecule has 2 heterocycles. The second-order valence-corrected chi connectivity index (χ2v) is 4.90. The van der Waals surface area contributed by atoms with Crippen molar-refractivity contribution < 1.29 is 13.2 Å². The largest absolute Gasteiger partial charge is 0.416 e. The molecule has 0 fully saturated rings. The lowest BCUT2D eigenvalue weighted by atomic mass is 9.96. The number of aryl methyl sites for hydroxylation is 2. The van der Waals surface area contributed by atoms with Crippen LogP contribution in [0.3, 0.4) is 0 Å². The number of alkyl halides is 3. The Morgan fingerprint density at radius 3 is 2.48 bits per heavy atom. The van der Waals surface area contributed by atoms with Crippen LogP contribution in [-0.2, 0) is 6.18 Å². The molecule has 2 aromatic rings. The van der Waals surface area contributed by atoms with Gasteiger partial charge in [-0.05, 0) is 38.1 Å². The highest BCUT2D eigenvalue weighted by molar-refractivity contribution is 5.38. The molecule has 21 heavy (non-hydrogen) atoms. The number of hydrogen-bond acceptors (Lipinski definition) is 3. The molecule has 0 aromatic carbocycles. The molecule has 1 unspecified atom stereocenters. The van der Waals surface area contributed by atoms with E-state index in [1.165, 1.54) is 6.20 Å². The number of rotatable bonds is 3. The van der Waals surface area contributed by atoms with Gasteiger partial charge in [0.25, 0.3) is 0 Å². The van der Waals surface area contributed by atoms with E-state index in [2.05, 4.69) is 15.3 Å². The molecular weight excluding hydrogens is 279 g/mol. The molecule has 2 rings (SSSR count). The van der Waals surface area contributed by atoms with E-state index in [1.54, 1.807) is 13.2 Å². The van der Waals surface area contributed by atoms with Crippen LogP contribution < -0.4 is 5.32 Å². The molecule has 0 aliphatic rings. The second kappa shape index (κ2) is 5.81. The van der Waals surface area contributed by atoms with Crippen LogP contribution in [0.5, 0.6) is 0 Å². The molecule has 0 bridgehead atoms. The van der Waals surface area contributed by atoms with Crippen LogP contribution in [0.15, 0.2) is 30.7 Å². The van der Waals surface area contributed by atoms with E-state index >= 15 is 0 Å². The Morgan fingerprint density at radius 1 is 1.19 bits per heavy atom. The lowest BCUT2D eigenvalue weighted by Crippen LogP contribution is -2.24. The van der Waals surface area contributed by atoms with E-state index < -0.39 is 17.8 Å². The quantitative estimate of drug-likeness (QED) is 0.943. The molecule has 1 N–H and O–H groups in total. The van der Waals surface area contributed by atoms with Gasteiger partial charge in [0.2, 0.25) is 0 Å². The lowest BCUT2D eigenvalue weighted by molar-refractivity contribution is -0.138. The molecule has 6 heteroatoms. The first-order valence-corrected chi connectivity index (χ1v) is 6.46. The van der Waals surface area contributed by atoms with Crippen molar-refractivity contribution in [3.8, 4) is 0 Å². The summed E-state index contributed by atoms with van der Waals surface area (Å²) in [6, 6.07) is 2.23. The van der Waals surface area contributed by atoms with Crippen molar-refractivity contribution in [3.05, 3.63) is 58.7 Å². The van der Waals surface area contributed by atoms with Crippen molar-refractivity contribution in [2.45, 2.75) is 26.1 Å². The predicted octanol–water partition coefficient (Wildman–Crippen LogP) is 3.42. The van der Waals surface area contributed by atoms with E-state index in [4.69, 9.17) is 0 Å². The maximum Gasteiger partial charge on any atom is 0.416 e. The van der Waals surface area contributed by atoms with Crippen LogP contribution in [0.25, 0.3) is 0 Å². The summed E-state index contributed by atoms with van der Waals surface area (Å²) in [6.45, 7) is 3.73. The van der Waals surface area contributed by atoms with Crippen molar-refractivity contribution in [2.75, 3.05) is 7.05 Å². The molecule has 0 saturated carbocycles. The topological polar surface area (TPSA) is 37.8 Å². The predicted molar refractivity (Wildman–Crippen MR) is 73.9 cm³/mol. The van der Waals surface area contributed by atoms with Crippen LogP contribution in [0.2, 0.25) is 0 Å². The van der Waals surface area contributed by atoms with E-state index in [1.807, 2.05) is 19.9 Å². The average molecular weight is 295 g/mol. The van der Waals surface area contributed by atoms with Crippen LogP contribution in [0.1, 0.15) is 34.0 Å². The van der Waals surface area contributed by atoms with Gasteiger partial charge in [0.15, 0.2) is 0 Å². The number of nitrogens with one attached hydrogen (secondary N) is 1. The fourth-order valence-corrected chi connectivity index (χ4v) is 2.36. The zero-order valence-corrected chi connectivity index (χ0v) is 12.0. The Labute approximate surface area is 121 Å². The molecule has 0 amide bonds. The number of halogens is 3. The van der Waals surface area contributed by atoms with Gasteiger partial charge >= 0.3 is 6.18 Å². The van der Waals surface area contributed by atoms with Crippen molar-refractivity contribution >= 4 is 0 Å². The van der Waals surface area contributed by atoms with Crippen molar-refractivity contribution in [1.82, 2.24) is 15.3 Å². The molecule has 0 saturated heterocycles. The molecule has 0 aliphatic heterocycles. The Kier molecular flexibility index (Phi) is 4.27. The molecule has 0 spiro atoms. The van der Waals surface area contributed by atoms with E-state index in [-0.39, 0.29) is 5.56 Å². The molecule has 1 atom stereocenters. The first-order chi connectivity index (χ1) is 9.84. The summed E-state index contributed by atoms with van der Waals surface area (Å²) >= 11 is 0. The minimum Gasteiger partial charge on any atom is -0.308 e. The minimum absolute atomic E-state index is 0.0759. The smallest absolute Gasteiger partial charge is 0.308 e. The second-order valence-electron chi connectivity index (χ2n) is 4.90. The molecular formula is C15H16F3N3. The van der Waals surface area contributed by atoms with Gasteiger partial charge < -0.3 is 5.32 Å². The van der Waals surface area contributed by atoms with Crippen molar-refractivity contribution in [1.29, 1.82) is 0 Å². The highest BCUT2D eigenvalue weighted by atomic mass is 19.4. The number of nitrogens with zero attached hydrogens (tertiary/aromatic N) is 2. The fraction of sp³-hybridized carbons (Fsp3) is 0.333. The first-order valence-electron chi connectivity index (χ1n) is 6.46. The number of pyridine rings is 2. The number of hydrogen-bond donors (Lipinski definition) is 1. The summed E-state index contributed by atoms with van der Waals surface area (Å²) in [6.07, 6.45) is -0.387. The molecule has 2 aromatic heterocycles. The van der Waals surface area contributed by atoms with Crippen LogP contribution in [0, 0.1) is 13.8 Å². The summed E-state index contributed by atoms with van der Waals surface area (Å²) in [4.78, 5) is 8.12. The standard InChI is InChI=1S/C15H16F3N3/c1-9-6-10(2)13(21-7-9)14(19-3)11-8-20-5-4-12(11)15(16,17)18/h4-8,14,19H,1-3H3. The van der Waals surface area contributed by atoms with Gasteiger partial charge in [-0.2, -0.15) is 13.2 Å². The Balaban J connectivity index is 2.57. The van der Waals surface area contributed by atoms with Crippen LogP contribution in [-0.4, -0.2) is 17.0 Å². The van der Waals surface area contributed by atoms with E-state index in [0.29, 0.717) is 5.69 Å². The summed E-state index contributed by atoms with van der Waals surface area (Å²) in [7, 11) is 1.61. The summed E-state index contributed by atoms with van der Waals surface area (Å²) in [5.41, 5.74) is 1.76. The zero-order chi connectivity index (χ0) is 15.6. The zero-order valence-electron chi connectivity index (χ0n) is 12.0. The molecule has 0 aliphatic carbocycles. The normalized spacial score (nSPS) is 13.2. The third kappa shape index (κ3) is 3.21. The van der Waals surface area contributed by atoms with Gasteiger partial charge in [-0.15, -0.1) is 0 Å². The molecule has 0 radical (unpaired) electrons. The highest BCUT2D eigenvalue weighted by Gasteiger charge is 2.35. The maximum atomic E-state index is 13.1. The fourth-order valence-electron chi connectivity index (χ4n) is 2.36. The van der Waals surface area contributed by atoms with Gasteiger partial charge in [-0.3, -0.25) is 9.97 Å². The van der Waals surface area contributed by atoms with Gasteiger partial charge in [0.05, 0.1) is 17.3 Å². The van der Waals surface area contributed by atoms with E-state index in [9.17, 15) is 13.2 Å². The van der Waals surface area contributed by atoms with E-state index in [0.717, 1.165) is 23.4 Å². The van der Waals surface area contributed by atoms with Gasteiger partial charge in [0.1, 0.15) is 0 Å². The highest BCUT2D eigenvalue weighted by Crippen LogP contribution is 2.36. The number of aromatic nitrogens is 2. The van der Waals surface area contributed by atoms with Crippen molar-refractivity contribution in [2.24, 2.45) is 0 Å². The minimum atomic E-state index is -4.42. The Morgan fingerprint density at radius 2 is 1.90 bits per heavy atom. The summed E-state index contributed by atoms with van der Waals surface area (Å²) in [5.74, 6) is 0. The third-order valence-electron chi connectivity index (χ3n) is 3.29. The van der Waals surface area contributed by atoms with Crippen LogP contribution >= 0.6 is 0 Å². The third-order valence-corrected chi connectivity index (χ3v) is 3.29. The maximum absolute atomic E-state index is 13.1. The molecule has 3 nitrogen and oxygen atoms in total. The first kappa shape index (κ1) is 15.4. The lowest BCUT2D eigenvalue weighted by Gasteiger charge is -2.22. The molecule has 112 valence electrons. The van der Waals surface area contributed by atoms with Gasteiger partial charge in [0, 0.05) is 24.2 Å². The van der Waals surface area contributed by atoms with Gasteiger partial charge in [-0.25, -0.2) is 0 Å². The SMILES string of the molecule is CNC(c1cnccc1C(F)(F)F)c1ncc(C)cc1C.